The second-order valence-electron chi connectivity index (χ2n) is 6.11. The second-order valence-corrected chi connectivity index (χ2v) is 6.33. The van der Waals surface area contributed by atoms with Gasteiger partial charge in [0.2, 0.25) is 0 Å². The Morgan fingerprint density at radius 1 is 1.10 bits per heavy atom. The second kappa shape index (κ2) is 7.66. The van der Waals surface area contributed by atoms with Crippen molar-refractivity contribution in [2.45, 2.75) is 24.8 Å². The van der Waals surface area contributed by atoms with Gasteiger partial charge in [0.05, 0.1) is 11.8 Å². The van der Waals surface area contributed by atoms with Gasteiger partial charge in [-0.25, -0.2) is 4.98 Å². The number of hydrogen-bond donors (Lipinski definition) is 0. The summed E-state index contributed by atoms with van der Waals surface area (Å²) in [6.07, 6.45) is -8.98. The fourth-order valence-electron chi connectivity index (χ4n) is 2.61. The summed E-state index contributed by atoms with van der Waals surface area (Å²) in [5.74, 6) is -5.18. The van der Waals surface area contributed by atoms with Crippen LogP contribution in [0.4, 0.5) is 35.1 Å². The number of nitrogens with zero attached hydrogens (tertiary/aromatic N) is 4. The van der Waals surface area contributed by atoms with Gasteiger partial charge in [-0.3, -0.25) is 13.9 Å². The van der Waals surface area contributed by atoms with Crippen LogP contribution in [-0.2, 0) is 12.7 Å². The largest absolute Gasteiger partial charge is 0.478 e. The van der Waals surface area contributed by atoms with Crippen molar-refractivity contribution in [3.63, 3.8) is 0 Å². The van der Waals surface area contributed by atoms with E-state index in [9.17, 15) is 39.9 Å². The van der Waals surface area contributed by atoms with E-state index in [0.717, 1.165) is 12.3 Å². The maximum Gasteiger partial charge on any atom is 0.455 e. The Hall–Kier alpha value is -2.90. The van der Waals surface area contributed by atoms with Crippen molar-refractivity contribution in [1.29, 1.82) is 0 Å². The average Bonchev–Trinajstić information content (AvgIpc) is 3.07. The zero-order valence-corrected chi connectivity index (χ0v) is 15.6. The van der Waals surface area contributed by atoms with Crippen molar-refractivity contribution >= 4 is 17.2 Å². The smallest absolute Gasteiger partial charge is 0.455 e. The molecule has 0 saturated carbocycles. The summed E-state index contributed by atoms with van der Waals surface area (Å²) in [6, 6.07) is 1.89. The van der Waals surface area contributed by atoms with Gasteiger partial charge < -0.3 is 4.74 Å². The highest BCUT2D eigenvalue weighted by Gasteiger charge is 2.57. The van der Waals surface area contributed by atoms with Crippen LogP contribution in [0.2, 0.25) is 0 Å². The minimum atomic E-state index is -5.90. The zero-order chi connectivity index (χ0) is 23.2. The predicted octanol–water partition coefficient (Wildman–Crippen LogP) is 4.35. The van der Waals surface area contributed by atoms with Crippen LogP contribution < -0.4 is 10.3 Å². The lowest BCUT2D eigenvalue weighted by Crippen LogP contribution is -2.40. The number of fused-ring (bicyclic) bond motifs is 1. The summed E-state index contributed by atoms with van der Waals surface area (Å²) < 4.78 is 110. The number of ether oxygens (including phenoxy) is 1. The highest BCUT2D eigenvalue weighted by molar-refractivity contribution is 6.17. The van der Waals surface area contributed by atoms with Crippen molar-refractivity contribution in [2.24, 2.45) is 0 Å². The average molecular weight is 477 g/mol. The lowest BCUT2D eigenvalue weighted by atomic mass is 10.1. The molecule has 0 N–H and O–H groups in total. The molecule has 0 atom stereocenters. The van der Waals surface area contributed by atoms with Gasteiger partial charge in [-0.15, -0.1) is 0 Å². The lowest BCUT2D eigenvalue weighted by Gasteiger charge is -2.19. The molecule has 0 amide bonds. The molecule has 0 unspecified atom stereocenters. The molecule has 3 aromatic heterocycles. The molecule has 0 aliphatic carbocycles. The van der Waals surface area contributed by atoms with Crippen LogP contribution in [0.15, 0.2) is 35.5 Å². The molecule has 3 aromatic rings. The predicted molar refractivity (Wildman–Crippen MR) is 90.0 cm³/mol. The Labute approximate surface area is 171 Å². The highest BCUT2D eigenvalue weighted by atomic mass is 35.5. The van der Waals surface area contributed by atoms with Crippen molar-refractivity contribution in [3.05, 3.63) is 46.8 Å². The fraction of sp³-hybridized carbons (Fsp3) is 0.312. The van der Waals surface area contributed by atoms with E-state index in [2.05, 4.69) is 10.1 Å². The van der Waals surface area contributed by atoms with Gasteiger partial charge in [-0.05, 0) is 6.07 Å². The Morgan fingerprint density at radius 3 is 2.35 bits per heavy atom. The molecule has 31 heavy (non-hydrogen) atoms. The van der Waals surface area contributed by atoms with Crippen LogP contribution in [0.3, 0.4) is 0 Å². The number of aromatic nitrogens is 4. The van der Waals surface area contributed by atoms with Gasteiger partial charge in [0.25, 0.3) is 5.56 Å². The maximum absolute atomic E-state index is 13.6. The van der Waals surface area contributed by atoms with E-state index in [1.54, 1.807) is 0 Å². The lowest BCUT2D eigenvalue weighted by molar-refractivity contribution is -0.287. The summed E-state index contributed by atoms with van der Waals surface area (Å²) >= 11 is 5.38. The van der Waals surface area contributed by atoms with Crippen molar-refractivity contribution in [2.75, 3.05) is 6.07 Å². The summed E-state index contributed by atoms with van der Waals surface area (Å²) in [5.41, 5.74) is -5.10. The number of alkyl halides is 9. The van der Waals surface area contributed by atoms with Crippen LogP contribution in [-0.4, -0.2) is 37.3 Å². The molecule has 6 nitrogen and oxygen atoms in total. The third kappa shape index (κ3) is 4.43. The Bertz CT molecular complexity index is 1170. The van der Waals surface area contributed by atoms with E-state index < -0.39 is 52.8 Å². The first-order valence-corrected chi connectivity index (χ1v) is 8.58. The third-order valence-electron chi connectivity index (χ3n) is 3.99. The summed E-state index contributed by atoms with van der Waals surface area (Å²) in [6.45, 7) is -1.99. The number of rotatable bonds is 5. The number of hydrogen-bond acceptors (Lipinski definition) is 4. The summed E-state index contributed by atoms with van der Waals surface area (Å²) in [4.78, 5) is 16.1. The van der Waals surface area contributed by atoms with Crippen molar-refractivity contribution < 1.29 is 39.9 Å². The minimum Gasteiger partial charge on any atom is -0.478 e. The van der Waals surface area contributed by atoms with E-state index in [1.165, 1.54) is 6.07 Å². The number of pyridine rings is 1. The maximum atomic E-state index is 13.6. The molecule has 0 radical (unpaired) electrons. The Kier molecular flexibility index (Phi) is 5.63. The molecule has 0 saturated heterocycles. The molecule has 0 aromatic carbocycles. The van der Waals surface area contributed by atoms with Gasteiger partial charge in [0.15, 0.2) is 11.8 Å². The Morgan fingerprint density at radius 2 is 1.77 bits per heavy atom. The van der Waals surface area contributed by atoms with Gasteiger partial charge in [0, 0.05) is 24.0 Å². The molecule has 0 aliphatic heterocycles. The first-order valence-electron chi connectivity index (χ1n) is 8.04. The molecule has 0 spiro atoms. The minimum absolute atomic E-state index is 0.0185. The van der Waals surface area contributed by atoms with E-state index in [4.69, 9.17) is 16.3 Å². The molecule has 0 aliphatic rings. The monoisotopic (exact) mass is 476 g/mol. The van der Waals surface area contributed by atoms with Gasteiger partial charge in [-0.1, -0.05) is 11.6 Å². The van der Waals surface area contributed by atoms with E-state index in [-0.39, 0.29) is 16.5 Å². The van der Waals surface area contributed by atoms with Gasteiger partial charge in [0.1, 0.15) is 17.9 Å². The first-order chi connectivity index (χ1) is 14.2. The summed E-state index contributed by atoms with van der Waals surface area (Å²) in [7, 11) is 0. The standard InChI is InChI=1S/C16H9ClF8N4O2/c17-7-31-9-1-2-29-10(3-9)27-12(15(20,21)22)11(13(29)30)8-4-26-28(5-8)6-14(18,19)16(23,24)25/h1-5H,6-7H2. The van der Waals surface area contributed by atoms with Crippen LogP contribution in [0, 0.1) is 0 Å². The molecule has 168 valence electrons. The fourth-order valence-corrected chi connectivity index (χ4v) is 2.74. The van der Waals surface area contributed by atoms with Crippen LogP contribution in [0.25, 0.3) is 16.8 Å². The Balaban J connectivity index is 2.16. The molecular weight excluding hydrogens is 468 g/mol. The molecule has 3 heterocycles. The zero-order valence-electron chi connectivity index (χ0n) is 14.8. The molecule has 15 heteroatoms. The SMILES string of the molecule is O=c1c(-c2cnn(CC(F)(F)C(F)(F)F)c2)c(C(F)(F)F)nc2cc(OCCl)ccn12. The number of halogens is 9. The topological polar surface area (TPSA) is 61.4 Å². The van der Waals surface area contributed by atoms with E-state index in [0.29, 0.717) is 16.8 Å². The van der Waals surface area contributed by atoms with Crippen molar-refractivity contribution in [1.82, 2.24) is 19.2 Å². The van der Waals surface area contributed by atoms with Crippen LogP contribution >= 0.6 is 11.6 Å². The summed E-state index contributed by atoms with van der Waals surface area (Å²) in [5, 5.41) is 3.23. The third-order valence-corrected chi connectivity index (χ3v) is 4.10. The first kappa shape index (κ1) is 22.8. The molecule has 0 bridgehead atoms. The van der Waals surface area contributed by atoms with E-state index in [1.807, 2.05) is 0 Å². The molecule has 3 rings (SSSR count). The van der Waals surface area contributed by atoms with E-state index >= 15 is 0 Å². The molecule has 0 fully saturated rings. The van der Waals surface area contributed by atoms with Gasteiger partial charge in [-0.2, -0.15) is 40.2 Å². The van der Waals surface area contributed by atoms with Gasteiger partial charge >= 0.3 is 18.3 Å². The quantitative estimate of drug-likeness (QED) is 0.406. The van der Waals surface area contributed by atoms with Crippen LogP contribution in [0.5, 0.6) is 5.75 Å². The normalized spacial score (nSPS) is 13.1. The van der Waals surface area contributed by atoms with Crippen molar-refractivity contribution in [3.8, 4) is 16.9 Å². The van der Waals surface area contributed by atoms with Crippen LogP contribution in [0.1, 0.15) is 5.69 Å². The highest BCUT2D eigenvalue weighted by Crippen LogP contribution is 2.37. The molecular formula is C16H9ClF8N4O2.